The van der Waals surface area contributed by atoms with Gasteiger partial charge in [-0.25, -0.2) is 0 Å². The van der Waals surface area contributed by atoms with Crippen LogP contribution in [0.4, 0.5) is 0 Å². The number of likely N-dealkylation sites (tertiary alicyclic amines) is 1. The van der Waals surface area contributed by atoms with Crippen LogP contribution in [0.25, 0.3) is 0 Å². The van der Waals surface area contributed by atoms with Crippen molar-refractivity contribution in [2.75, 3.05) is 20.3 Å². The van der Waals surface area contributed by atoms with E-state index in [0.29, 0.717) is 26.0 Å². The molecule has 1 N–H and O–H groups in total. The molecule has 0 spiro atoms. The Morgan fingerprint density at radius 3 is 2.80 bits per heavy atom. The molecule has 1 rings (SSSR count). The number of hydrogen-bond acceptors (Lipinski definition) is 4. The number of methoxy groups -OCH3 is 1. The van der Waals surface area contributed by atoms with Crippen LogP contribution in [0.15, 0.2) is 12.7 Å². The van der Waals surface area contributed by atoms with E-state index in [1.54, 1.807) is 25.0 Å². The van der Waals surface area contributed by atoms with Crippen LogP contribution in [0.3, 0.4) is 0 Å². The summed E-state index contributed by atoms with van der Waals surface area (Å²) in [5, 5.41) is 8.92. The molecule has 0 aromatic rings. The van der Waals surface area contributed by atoms with Crippen LogP contribution in [0.2, 0.25) is 0 Å². The third-order valence-corrected chi connectivity index (χ3v) is 3.44. The Morgan fingerprint density at radius 2 is 2.25 bits per heavy atom. The van der Waals surface area contributed by atoms with E-state index in [2.05, 4.69) is 6.58 Å². The van der Waals surface area contributed by atoms with Crippen molar-refractivity contribution >= 4 is 11.9 Å². The van der Waals surface area contributed by atoms with Gasteiger partial charge in [-0.15, -0.1) is 6.58 Å². The number of ether oxygens (including phenoxy) is 2. The van der Waals surface area contributed by atoms with Gasteiger partial charge in [0.15, 0.2) is 0 Å². The Balaban J connectivity index is 2.62. The second-order valence-corrected chi connectivity index (χ2v) is 4.93. The lowest BCUT2D eigenvalue weighted by Gasteiger charge is -2.26. The Labute approximate surface area is 119 Å². The number of amides is 1. The lowest BCUT2D eigenvalue weighted by molar-refractivity contribution is -0.145. The van der Waals surface area contributed by atoms with Crippen LogP contribution in [0.1, 0.15) is 26.2 Å². The molecule has 1 saturated heterocycles. The van der Waals surface area contributed by atoms with Crippen LogP contribution in [-0.2, 0) is 19.1 Å². The number of carboxylic acid groups (broad SMARTS) is 1. The highest BCUT2D eigenvalue weighted by Gasteiger charge is 2.38. The number of carbonyl (C=O) groups excluding carboxylic acids is 1. The zero-order valence-electron chi connectivity index (χ0n) is 12.1. The van der Waals surface area contributed by atoms with Crippen molar-refractivity contribution in [2.45, 2.75) is 44.4 Å². The molecule has 1 heterocycles. The maximum absolute atomic E-state index is 12.3. The molecule has 0 aliphatic carbocycles. The summed E-state index contributed by atoms with van der Waals surface area (Å²) >= 11 is 0. The number of hydrogen-bond donors (Lipinski definition) is 1. The van der Waals surface area contributed by atoms with Crippen molar-refractivity contribution in [3.63, 3.8) is 0 Å². The van der Waals surface area contributed by atoms with E-state index in [9.17, 15) is 9.59 Å². The van der Waals surface area contributed by atoms with Gasteiger partial charge in [0.05, 0.1) is 19.1 Å². The topological polar surface area (TPSA) is 76.1 Å². The quantitative estimate of drug-likeness (QED) is 0.533. The van der Waals surface area contributed by atoms with Crippen molar-refractivity contribution in [2.24, 2.45) is 0 Å². The maximum atomic E-state index is 12.3. The number of aliphatic carboxylic acids is 1. The minimum Gasteiger partial charge on any atom is -0.481 e. The first-order valence-electron chi connectivity index (χ1n) is 6.77. The Hall–Kier alpha value is -1.40. The smallest absolute Gasteiger partial charge is 0.305 e. The van der Waals surface area contributed by atoms with Gasteiger partial charge in [-0.05, 0) is 19.8 Å². The highest BCUT2D eigenvalue weighted by atomic mass is 16.5. The first kappa shape index (κ1) is 16.7. The van der Waals surface area contributed by atoms with Gasteiger partial charge in [-0.1, -0.05) is 6.08 Å². The molecule has 1 fully saturated rings. The predicted molar refractivity (Wildman–Crippen MR) is 73.4 cm³/mol. The largest absolute Gasteiger partial charge is 0.481 e. The monoisotopic (exact) mass is 285 g/mol. The summed E-state index contributed by atoms with van der Waals surface area (Å²) in [6.45, 7) is 6.12. The van der Waals surface area contributed by atoms with Crippen molar-refractivity contribution in [3.8, 4) is 0 Å². The summed E-state index contributed by atoms with van der Waals surface area (Å²) in [5.41, 5.74) is 0. The Kier molecular flexibility index (Phi) is 6.67. The van der Waals surface area contributed by atoms with Crippen LogP contribution in [0, 0.1) is 0 Å². The first-order chi connectivity index (χ1) is 9.49. The van der Waals surface area contributed by atoms with E-state index in [4.69, 9.17) is 14.6 Å². The van der Waals surface area contributed by atoms with Gasteiger partial charge in [0.25, 0.3) is 5.91 Å². The van der Waals surface area contributed by atoms with Crippen LogP contribution in [0.5, 0.6) is 0 Å². The normalized spacial score (nSPS) is 23.6. The maximum Gasteiger partial charge on any atom is 0.305 e. The second kappa shape index (κ2) is 8.01. The van der Waals surface area contributed by atoms with E-state index < -0.39 is 12.1 Å². The molecule has 0 aromatic carbocycles. The lowest BCUT2D eigenvalue weighted by atomic mass is 10.1. The van der Waals surface area contributed by atoms with E-state index in [0.717, 1.165) is 0 Å². The van der Waals surface area contributed by atoms with Crippen molar-refractivity contribution in [1.82, 2.24) is 4.90 Å². The molecule has 3 unspecified atom stereocenters. The summed E-state index contributed by atoms with van der Waals surface area (Å²) in [5.74, 6) is -1.09. The highest BCUT2D eigenvalue weighted by Crippen LogP contribution is 2.24. The fourth-order valence-corrected chi connectivity index (χ4v) is 2.34. The van der Waals surface area contributed by atoms with Crippen molar-refractivity contribution in [3.05, 3.63) is 12.7 Å². The van der Waals surface area contributed by atoms with Gasteiger partial charge in [0.1, 0.15) is 6.10 Å². The molecular weight excluding hydrogens is 262 g/mol. The fourth-order valence-electron chi connectivity index (χ4n) is 2.34. The van der Waals surface area contributed by atoms with Gasteiger partial charge in [-0.2, -0.15) is 0 Å². The van der Waals surface area contributed by atoms with Crippen LogP contribution < -0.4 is 0 Å². The second-order valence-electron chi connectivity index (χ2n) is 4.93. The third kappa shape index (κ3) is 4.61. The molecule has 6 heteroatoms. The zero-order valence-corrected chi connectivity index (χ0v) is 12.1. The molecule has 20 heavy (non-hydrogen) atoms. The molecule has 0 saturated carbocycles. The molecular formula is C14H23NO5. The standard InChI is InChI=1S/C14H23NO5/c1-4-5-6-20-10(2)14(18)15-9-12(19-3)7-11(15)8-13(16)17/h4,10-12H,1,5-9H2,2-3H3,(H,16,17). The first-order valence-corrected chi connectivity index (χ1v) is 6.77. The Morgan fingerprint density at radius 1 is 1.55 bits per heavy atom. The SMILES string of the molecule is C=CCCOC(C)C(=O)N1CC(OC)CC1CC(=O)O. The van der Waals surface area contributed by atoms with Crippen molar-refractivity contribution in [1.29, 1.82) is 0 Å². The van der Waals surface area contributed by atoms with E-state index in [1.807, 2.05) is 0 Å². The summed E-state index contributed by atoms with van der Waals surface area (Å²) < 4.78 is 10.7. The molecule has 1 aliphatic rings. The van der Waals surface area contributed by atoms with Crippen LogP contribution in [-0.4, -0.2) is 60.4 Å². The summed E-state index contributed by atoms with van der Waals surface area (Å²) in [6, 6.07) is -0.324. The summed E-state index contributed by atoms with van der Waals surface area (Å²) in [4.78, 5) is 24.8. The molecule has 6 nitrogen and oxygen atoms in total. The number of nitrogens with zero attached hydrogens (tertiary/aromatic N) is 1. The molecule has 1 amide bonds. The molecule has 0 aromatic heterocycles. The van der Waals surface area contributed by atoms with Gasteiger partial charge >= 0.3 is 5.97 Å². The van der Waals surface area contributed by atoms with Gasteiger partial charge < -0.3 is 19.5 Å². The fraction of sp³-hybridized carbons (Fsp3) is 0.714. The van der Waals surface area contributed by atoms with Gasteiger partial charge in [0, 0.05) is 19.7 Å². The minimum atomic E-state index is -0.912. The molecule has 0 bridgehead atoms. The van der Waals surface area contributed by atoms with Gasteiger partial charge in [0.2, 0.25) is 0 Å². The van der Waals surface area contributed by atoms with E-state index >= 15 is 0 Å². The Bertz CT molecular complexity index is 357. The molecule has 3 atom stereocenters. The average Bonchev–Trinajstić information content (AvgIpc) is 2.80. The number of rotatable bonds is 8. The molecule has 114 valence electrons. The predicted octanol–water partition coefficient (Wildman–Crippen LogP) is 1.06. The molecule has 1 aliphatic heterocycles. The minimum absolute atomic E-state index is 0.0645. The van der Waals surface area contributed by atoms with E-state index in [-0.39, 0.29) is 24.5 Å². The van der Waals surface area contributed by atoms with E-state index in [1.165, 1.54) is 0 Å². The average molecular weight is 285 g/mol. The van der Waals surface area contributed by atoms with Crippen molar-refractivity contribution < 1.29 is 24.2 Å². The highest BCUT2D eigenvalue weighted by molar-refractivity contribution is 5.82. The lowest BCUT2D eigenvalue weighted by Crippen LogP contribution is -2.43. The summed E-state index contributed by atoms with van der Waals surface area (Å²) in [7, 11) is 1.57. The number of carbonyl (C=O) groups is 2. The third-order valence-electron chi connectivity index (χ3n) is 3.44. The summed E-state index contributed by atoms with van der Waals surface area (Å²) in [6.07, 6.45) is 2.20. The van der Waals surface area contributed by atoms with Gasteiger partial charge in [-0.3, -0.25) is 9.59 Å². The van der Waals surface area contributed by atoms with Crippen LogP contribution >= 0.6 is 0 Å². The number of carboxylic acids is 1. The molecule has 0 radical (unpaired) electrons. The zero-order chi connectivity index (χ0) is 15.1.